The number of hydrogen-bond donors (Lipinski definition) is 14. The van der Waals surface area contributed by atoms with Gasteiger partial charge in [-0.25, -0.2) is 4.79 Å². The summed E-state index contributed by atoms with van der Waals surface area (Å²) in [7, 11) is 0. The molecule has 3 aromatic rings. The lowest BCUT2D eigenvalue weighted by atomic mass is 9.99. The van der Waals surface area contributed by atoms with E-state index in [0.717, 1.165) is 16.5 Å². The van der Waals surface area contributed by atoms with Crippen LogP contribution in [-0.2, 0) is 60.8 Å². The minimum atomic E-state index is -1.64. The van der Waals surface area contributed by atoms with Crippen LogP contribution in [0, 0.1) is 11.8 Å². The topological polar surface area (TPSA) is 381 Å². The zero-order chi connectivity index (χ0) is 54.4. The molecule has 73 heavy (non-hydrogen) atoms. The highest BCUT2D eigenvalue weighted by Crippen LogP contribution is 2.19. The number of fused-ring (bicyclic) bond motifs is 1. The number of nitrogens with one attached hydrogen (secondary N) is 9. The number of primary amides is 1. The Labute approximate surface area is 429 Å². The molecule has 0 spiro atoms. The number of aliphatic carboxylic acids is 1. The van der Waals surface area contributed by atoms with Crippen LogP contribution in [0.3, 0.4) is 0 Å². The fourth-order valence-corrected chi connectivity index (χ4v) is 7.82. The van der Waals surface area contributed by atoms with E-state index in [9.17, 15) is 53.1 Å². The summed E-state index contributed by atoms with van der Waals surface area (Å²) in [4.78, 5) is 135. The van der Waals surface area contributed by atoms with Crippen LogP contribution in [0.25, 0.3) is 10.9 Å². The maximum Gasteiger partial charge on any atom is 0.326 e. The molecule has 0 unspecified atom stereocenters. The van der Waals surface area contributed by atoms with Gasteiger partial charge in [0.05, 0.1) is 19.0 Å². The lowest BCUT2D eigenvalue weighted by Crippen LogP contribution is -2.59. The maximum absolute atomic E-state index is 13.8. The summed E-state index contributed by atoms with van der Waals surface area (Å²) >= 11 is 4.15. The predicted molar refractivity (Wildman–Crippen MR) is 275 cm³/mol. The third-order valence-electron chi connectivity index (χ3n) is 11.6. The maximum atomic E-state index is 13.8. The number of para-hydroxylation sites is 1. The van der Waals surface area contributed by atoms with E-state index in [4.69, 9.17) is 17.2 Å². The van der Waals surface area contributed by atoms with Crippen molar-refractivity contribution in [2.45, 2.75) is 128 Å². The Morgan fingerprint density at radius 1 is 0.644 bits per heavy atom. The number of unbranched alkanes of at least 4 members (excludes halogenated alkanes) is 1. The number of aromatic amines is 1. The number of thiol groups is 1. The van der Waals surface area contributed by atoms with Gasteiger partial charge in [0.2, 0.25) is 53.2 Å². The monoisotopic (exact) mass is 1040 g/mol. The number of amides is 9. The van der Waals surface area contributed by atoms with E-state index in [1.165, 1.54) is 6.92 Å². The first-order valence-corrected chi connectivity index (χ1v) is 24.7. The van der Waals surface area contributed by atoms with Crippen LogP contribution < -0.4 is 59.7 Å². The molecule has 0 fully saturated rings. The molecule has 1 aromatic heterocycles. The van der Waals surface area contributed by atoms with Gasteiger partial charge in [0.1, 0.15) is 42.3 Å². The number of benzene rings is 2. The number of H-pyrrole nitrogens is 1. The van der Waals surface area contributed by atoms with E-state index in [2.05, 4.69) is 60.1 Å². The summed E-state index contributed by atoms with van der Waals surface area (Å²) in [5, 5.41) is 30.5. The summed E-state index contributed by atoms with van der Waals surface area (Å²) in [6, 6.07) is 6.05. The Morgan fingerprint density at radius 3 is 1.86 bits per heavy atom. The second-order valence-corrected chi connectivity index (χ2v) is 18.9. The van der Waals surface area contributed by atoms with Crippen molar-refractivity contribution in [3.63, 3.8) is 0 Å². The highest BCUT2D eigenvalue weighted by Gasteiger charge is 2.34. The third-order valence-corrected chi connectivity index (χ3v) is 11.9. The van der Waals surface area contributed by atoms with Crippen LogP contribution in [0.2, 0.25) is 0 Å². The molecule has 24 heteroatoms. The number of aromatic nitrogens is 1. The van der Waals surface area contributed by atoms with Crippen LogP contribution in [-0.4, -0.2) is 136 Å². The fraction of sp³-hybridized carbons (Fsp3) is 0.510. The van der Waals surface area contributed by atoms with Crippen molar-refractivity contribution in [1.82, 2.24) is 47.5 Å². The number of carbonyl (C=O) groups is 10. The largest absolute Gasteiger partial charge is 0.480 e. The number of carboxylic acids is 1. The zero-order valence-electron chi connectivity index (χ0n) is 41.8. The molecule has 8 atom stereocenters. The van der Waals surface area contributed by atoms with Gasteiger partial charge in [-0.05, 0) is 74.6 Å². The van der Waals surface area contributed by atoms with Crippen molar-refractivity contribution < 1.29 is 53.1 Å². The van der Waals surface area contributed by atoms with Crippen molar-refractivity contribution >= 4 is 82.7 Å². The molecular weight excluding hydrogens is 965 g/mol. The van der Waals surface area contributed by atoms with Gasteiger partial charge in [0.25, 0.3) is 0 Å². The predicted octanol–water partition coefficient (Wildman–Crippen LogP) is -1.47. The Balaban J connectivity index is 1.66. The molecule has 9 amide bonds. The fourth-order valence-electron chi connectivity index (χ4n) is 7.56. The van der Waals surface area contributed by atoms with E-state index in [-0.39, 0.29) is 37.4 Å². The SMILES string of the molecule is CC(C)C[C@H](NC(=O)[C@H](C)NC(=O)[C@H](CC(N)=O)NC(=O)CNC(=O)[C@H](Cc1ccccc1)NC(=O)[C@@H](NC(=O)[C@@H](N)Cc1c[nH]c2ccccc12)C(C)C)C(=O)N[C@@H](CS)C(=O)N[C@@H](CCCCN)C(=O)O. The van der Waals surface area contributed by atoms with Gasteiger partial charge in [-0.2, -0.15) is 12.6 Å². The van der Waals surface area contributed by atoms with Gasteiger partial charge < -0.3 is 69.8 Å². The molecule has 0 radical (unpaired) electrons. The molecule has 1 heterocycles. The summed E-state index contributed by atoms with van der Waals surface area (Å²) in [5.74, 6) is -9.62. The van der Waals surface area contributed by atoms with Gasteiger partial charge in [-0.3, -0.25) is 43.2 Å². The van der Waals surface area contributed by atoms with E-state index < -0.39 is 126 Å². The lowest BCUT2D eigenvalue weighted by molar-refractivity contribution is -0.142. The molecule has 400 valence electrons. The number of nitrogens with two attached hydrogens (primary N) is 3. The molecule has 23 nitrogen and oxygen atoms in total. The minimum absolute atomic E-state index is 0.0283. The normalized spacial score (nSPS) is 14.5. The van der Waals surface area contributed by atoms with Gasteiger partial charge in [-0.1, -0.05) is 76.2 Å². The molecule has 0 aliphatic heterocycles. The van der Waals surface area contributed by atoms with E-state index in [1.807, 2.05) is 24.3 Å². The average molecular weight is 1040 g/mol. The summed E-state index contributed by atoms with van der Waals surface area (Å²) in [6.07, 6.45) is 2.36. The Morgan fingerprint density at radius 2 is 1.25 bits per heavy atom. The molecule has 2 aromatic carbocycles. The van der Waals surface area contributed by atoms with Gasteiger partial charge in [0, 0.05) is 29.3 Å². The van der Waals surface area contributed by atoms with Gasteiger partial charge >= 0.3 is 5.97 Å². The van der Waals surface area contributed by atoms with Crippen LogP contribution in [0.15, 0.2) is 60.8 Å². The van der Waals surface area contributed by atoms with E-state index >= 15 is 0 Å². The lowest BCUT2D eigenvalue weighted by Gasteiger charge is -2.26. The van der Waals surface area contributed by atoms with Crippen molar-refractivity contribution in [3.05, 3.63) is 71.9 Å². The average Bonchev–Trinajstić information content (AvgIpc) is 3.74. The molecule has 0 saturated heterocycles. The standard InChI is InChI=1S/C49H72N12O11S/c1-26(2)19-35(46(68)60-38(25-73)47(69)57-34(49(71)72)17-11-12-18-50)58-42(64)28(5)55-45(67)37(22-39(52)62)56-40(63)24-54-44(66)36(20-29-13-7-6-8-14-29)59-48(70)41(27(3)4)61-43(65)32(51)21-30-23-53-33-16-10-9-15-31(30)33/h6-10,13-16,23,26-28,32,34-38,41,53,73H,11-12,17-22,24-25,50-51H2,1-5H3,(H2,52,62)(H,54,66)(H,55,67)(H,56,63)(H,57,69)(H,58,64)(H,59,70)(H,60,68)(H,61,65)(H,71,72)/t28-,32-,34-,35-,36-,37-,38-,41-/m0/s1. The quantitative estimate of drug-likeness (QED) is 0.0259. The Bertz CT molecular complexity index is 2380. The highest BCUT2D eigenvalue weighted by atomic mass is 32.1. The molecule has 3 rings (SSSR count). The third kappa shape index (κ3) is 20.2. The van der Waals surface area contributed by atoms with E-state index in [1.54, 1.807) is 64.2 Å². The van der Waals surface area contributed by atoms with Crippen molar-refractivity contribution in [3.8, 4) is 0 Å². The summed E-state index contributed by atoms with van der Waals surface area (Å²) < 4.78 is 0. The highest BCUT2D eigenvalue weighted by molar-refractivity contribution is 7.80. The second-order valence-electron chi connectivity index (χ2n) is 18.5. The Hall–Kier alpha value is -7.05. The first-order valence-electron chi connectivity index (χ1n) is 24.1. The summed E-state index contributed by atoms with van der Waals surface area (Å²) in [5.41, 5.74) is 19.5. The minimum Gasteiger partial charge on any atom is -0.480 e. The molecule has 0 saturated carbocycles. The summed E-state index contributed by atoms with van der Waals surface area (Å²) in [6.45, 7) is 7.83. The van der Waals surface area contributed by atoms with Crippen LogP contribution in [0.5, 0.6) is 0 Å². The Kier molecular flexibility index (Phi) is 24.8. The van der Waals surface area contributed by atoms with Crippen LogP contribution >= 0.6 is 12.6 Å². The van der Waals surface area contributed by atoms with Gasteiger partial charge in [0.15, 0.2) is 0 Å². The molecule has 16 N–H and O–H groups in total. The second kappa shape index (κ2) is 30.1. The van der Waals surface area contributed by atoms with E-state index in [0.29, 0.717) is 24.9 Å². The zero-order valence-corrected chi connectivity index (χ0v) is 42.7. The number of rotatable bonds is 31. The molecule has 0 bridgehead atoms. The molecule has 0 aliphatic carbocycles. The number of hydrogen-bond acceptors (Lipinski definition) is 13. The number of carboxylic acid groups (broad SMARTS) is 1. The molecule has 0 aliphatic rings. The first-order chi connectivity index (χ1) is 34.5. The smallest absolute Gasteiger partial charge is 0.326 e. The van der Waals surface area contributed by atoms with Crippen LogP contribution in [0.4, 0.5) is 0 Å². The number of carbonyl (C=O) groups excluding carboxylic acids is 9. The van der Waals surface area contributed by atoms with Crippen LogP contribution in [0.1, 0.15) is 77.8 Å². The first kappa shape index (κ1) is 60.3. The van der Waals surface area contributed by atoms with Gasteiger partial charge in [-0.15, -0.1) is 0 Å². The van der Waals surface area contributed by atoms with Crippen molar-refractivity contribution in [2.24, 2.45) is 29.0 Å². The molecular formula is C49H72N12O11S. The van der Waals surface area contributed by atoms with Crippen molar-refractivity contribution in [1.29, 1.82) is 0 Å². The van der Waals surface area contributed by atoms with Crippen molar-refractivity contribution in [2.75, 3.05) is 18.8 Å².